The molecule has 0 bridgehead atoms. The SMILES string of the molecule is O=C(O)CCCCCNC(=O)Nc1ccc(=O)[nH]n1. The molecular formula is C11H16N4O4. The van der Waals surface area contributed by atoms with E-state index in [-0.39, 0.29) is 17.8 Å². The maximum atomic E-state index is 11.4. The fourth-order valence-corrected chi connectivity index (χ4v) is 1.35. The Balaban J connectivity index is 2.13. The average Bonchev–Trinajstić information content (AvgIpc) is 2.36. The molecule has 4 N–H and O–H groups in total. The number of H-pyrrole nitrogens is 1. The van der Waals surface area contributed by atoms with Gasteiger partial charge in [-0.15, -0.1) is 0 Å². The van der Waals surface area contributed by atoms with Gasteiger partial charge in [-0.05, 0) is 18.9 Å². The number of unbranched alkanes of at least 4 members (excludes halogenated alkanes) is 2. The Morgan fingerprint density at radius 2 is 2.05 bits per heavy atom. The van der Waals surface area contributed by atoms with Crippen LogP contribution < -0.4 is 16.2 Å². The number of hydrogen-bond acceptors (Lipinski definition) is 4. The van der Waals surface area contributed by atoms with E-state index < -0.39 is 12.0 Å². The number of carbonyl (C=O) groups excluding carboxylic acids is 1. The van der Waals surface area contributed by atoms with Gasteiger partial charge < -0.3 is 10.4 Å². The third-order valence-electron chi connectivity index (χ3n) is 2.27. The third kappa shape index (κ3) is 6.81. The highest BCUT2D eigenvalue weighted by atomic mass is 16.4. The Bertz CT molecular complexity index is 465. The van der Waals surface area contributed by atoms with E-state index in [9.17, 15) is 14.4 Å². The molecule has 0 radical (unpaired) electrons. The van der Waals surface area contributed by atoms with E-state index in [1.165, 1.54) is 12.1 Å². The van der Waals surface area contributed by atoms with Gasteiger partial charge in [-0.25, -0.2) is 9.89 Å². The summed E-state index contributed by atoms with van der Waals surface area (Å²) in [6, 6.07) is 2.23. The summed E-state index contributed by atoms with van der Waals surface area (Å²) in [6.45, 7) is 0.453. The molecular weight excluding hydrogens is 252 g/mol. The largest absolute Gasteiger partial charge is 0.481 e. The number of nitrogens with one attached hydrogen (secondary N) is 3. The summed E-state index contributed by atoms with van der Waals surface area (Å²) < 4.78 is 0. The molecule has 19 heavy (non-hydrogen) atoms. The Kier molecular flexibility index (Phi) is 6.07. The van der Waals surface area contributed by atoms with Gasteiger partial charge in [0.25, 0.3) is 5.56 Å². The minimum Gasteiger partial charge on any atom is -0.481 e. The van der Waals surface area contributed by atoms with Crippen LogP contribution in [0.25, 0.3) is 0 Å². The number of anilines is 1. The molecule has 0 aromatic carbocycles. The lowest BCUT2D eigenvalue weighted by molar-refractivity contribution is -0.137. The predicted molar refractivity (Wildman–Crippen MR) is 68.0 cm³/mol. The molecule has 0 fully saturated rings. The lowest BCUT2D eigenvalue weighted by Crippen LogP contribution is -2.30. The minimum absolute atomic E-state index is 0.146. The molecule has 8 nitrogen and oxygen atoms in total. The van der Waals surface area contributed by atoms with E-state index in [0.29, 0.717) is 19.4 Å². The molecule has 0 aliphatic rings. The summed E-state index contributed by atoms with van der Waals surface area (Å²) in [7, 11) is 0. The molecule has 1 aromatic rings. The van der Waals surface area contributed by atoms with E-state index in [1.54, 1.807) is 0 Å². The predicted octanol–water partition coefficient (Wildman–Crippen LogP) is 0.536. The fourth-order valence-electron chi connectivity index (χ4n) is 1.35. The number of aromatic amines is 1. The number of hydrogen-bond donors (Lipinski definition) is 4. The highest BCUT2D eigenvalue weighted by molar-refractivity contribution is 5.87. The molecule has 104 valence electrons. The Morgan fingerprint density at radius 1 is 1.26 bits per heavy atom. The molecule has 8 heteroatoms. The van der Waals surface area contributed by atoms with Crippen LogP contribution in [0, 0.1) is 0 Å². The molecule has 1 heterocycles. The number of aliphatic carboxylic acids is 1. The molecule has 0 aliphatic carbocycles. The molecule has 0 unspecified atom stereocenters. The van der Waals surface area contributed by atoms with Crippen LogP contribution in [-0.4, -0.2) is 33.8 Å². The van der Waals surface area contributed by atoms with Gasteiger partial charge in [0.15, 0.2) is 5.82 Å². The van der Waals surface area contributed by atoms with E-state index in [0.717, 1.165) is 6.42 Å². The van der Waals surface area contributed by atoms with Crippen molar-refractivity contribution in [3.63, 3.8) is 0 Å². The van der Waals surface area contributed by atoms with Gasteiger partial charge in [-0.1, -0.05) is 6.42 Å². The molecule has 1 aromatic heterocycles. The van der Waals surface area contributed by atoms with Crippen molar-refractivity contribution in [3.05, 3.63) is 22.5 Å². The molecule has 0 saturated heterocycles. The van der Waals surface area contributed by atoms with Gasteiger partial charge in [-0.3, -0.25) is 14.9 Å². The van der Waals surface area contributed by atoms with Crippen LogP contribution in [0.3, 0.4) is 0 Å². The van der Waals surface area contributed by atoms with Gasteiger partial charge in [0.2, 0.25) is 0 Å². The Hall–Kier alpha value is -2.38. The summed E-state index contributed by atoms with van der Waals surface area (Å²) in [4.78, 5) is 32.4. The normalized spacial score (nSPS) is 9.89. The third-order valence-corrected chi connectivity index (χ3v) is 2.27. The van der Waals surface area contributed by atoms with Crippen molar-refractivity contribution in [2.75, 3.05) is 11.9 Å². The standard InChI is InChI=1S/C11H16N4O4/c16-9-6-5-8(14-15-9)13-11(19)12-7-3-1-2-4-10(17)18/h5-6H,1-4,7H2,(H,15,16)(H,17,18)(H2,12,13,14,19). The average molecular weight is 268 g/mol. The second-order valence-corrected chi connectivity index (χ2v) is 3.89. The minimum atomic E-state index is -0.810. The van der Waals surface area contributed by atoms with Crippen molar-refractivity contribution in [1.82, 2.24) is 15.5 Å². The summed E-state index contributed by atoms with van der Waals surface area (Å²) in [6.07, 6.45) is 2.19. The number of urea groups is 1. The zero-order valence-corrected chi connectivity index (χ0v) is 10.3. The van der Waals surface area contributed by atoms with Crippen LogP contribution in [-0.2, 0) is 4.79 Å². The quantitative estimate of drug-likeness (QED) is 0.537. The first kappa shape index (κ1) is 14.7. The van der Waals surface area contributed by atoms with E-state index in [2.05, 4.69) is 20.8 Å². The highest BCUT2D eigenvalue weighted by Crippen LogP contribution is 1.99. The molecule has 0 aliphatic heterocycles. The Labute approximate surface area is 109 Å². The van der Waals surface area contributed by atoms with Crippen molar-refractivity contribution in [2.45, 2.75) is 25.7 Å². The zero-order chi connectivity index (χ0) is 14.1. The van der Waals surface area contributed by atoms with Crippen molar-refractivity contribution in [1.29, 1.82) is 0 Å². The molecule has 1 rings (SSSR count). The summed E-state index contributed by atoms with van der Waals surface area (Å²) in [5.41, 5.74) is -0.343. The van der Waals surface area contributed by atoms with Crippen molar-refractivity contribution in [2.24, 2.45) is 0 Å². The van der Waals surface area contributed by atoms with Crippen LogP contribution >= 0.6 is 0 Å². The highest BCUT2D eigenvalue weighted by Gasteiger charge is 2.02. The van der Waals surface area contributed by atoms with Gasteiger partial charge in [0.1, 0.15) is 0 Å². The van der Waals surface area contributed by atoms with Gasteiger partial charge in [0, 0.05) is 19.0 Å². The first-order valence-corrected chi connectivity index (χ1v) is 5.90. The number of aromatic nitrogens is 2. The van der Waals surface area contributed by atoms with Gasteiger partial charge >= 0.3 is 12.0 Å². The van der Waals surface area contributed by atoms with E-state index in [4.69, 9.17) is 5.11 Å². The van der Waals surface area contributed by atoms with E-state index >= 15 is 0 Å². The zero-order valence-electron chi connectivity index (χ0n) is 10.3. The monoisotopic (exact) mass is 268 g/mol. The second-order valence-electron chi connectivity index (χ2n) is 3.89. The van der Waals surface area contributed by atoms with E-state index in [1.807, 2.05) is 0 Å². The number of carboxylic acid groups (broad SMARTS) is 1. The Morgan fingerprint density at radius 3 is 2.68 bits per heavy atom. The van der Waals surface area contributed by atoms with Crippen molar-refractivity contribution in [3.8, 4) is 0 Å². The maximum Gasteiger partial charge on any atom is 0.320 e. The van der Waals surface area contributed by atoms with Crippen molar-refractivity contribution < 1.29 is 14.7 Å². The summed E-state index contributed by atoms with van der Waals surface area (Å²) >= 11 is 0. The number of amides is 2. The second kappa shape index (κ2) is 7.85. The molecule has 0 atom stereocenters. The topological polar surface area (TPSA) is 124 Å². The number of nitrogens with zero attached hydrogens (tertiary/aromatic N) is 1. The summed E-state index contributed by atoms with van der Waals surface area (Å²) in [5, 5.41) is 19.3. The molecule has 2 amide bonds. The van der Waals surface area contributed by atoms with Crippen LogP contribution in [0.4, 0.5) is 10.6 Å². The molecule has 0 saturated carbocycles. The number of carboxylic acids is 1. The lowest BCUT2D eigenvalue weighted by Gasteiger charge is -2.06. The van der Waals surface area contributed by atoms with Crippen LogP contribution in [0.2, 0.25) is 0 Å². The number of rotatable bonds is 7. The first-order chi connectivity index (χ1) is 9.08. The maximum absolute atomic E-state index is 11.4. The first-order valence-electron chi connectivity index (χ1n) is 5.90. The van der Waals surface area contributed by atoms with Crippen LogP contribution in [0.1, 0.15) is 25.7 Å². The van der Waals surface area contributed by atoms with Crippen LogP contribution in [0.15, 0.2) is 16.9 Å². The van der Waals surface area contributed by atoms with Gasteiger partial charge in [0.05, 0.1) is 0 Å². The van der Waals surface area contributed by atoms with Crippen LogP contribution in [0.5, 0.6) is 0 Å². The lowest BCUT2D eigenvalue weighted by atomic mass is 10.2. The van der Waals surface area contributed by atoms with Crippen molar-refractivity contribution >= 4 is 17.8 Å². The smallest absolute Gasteiger partial charge is 0.320 e. The van der Waals surface area contributed by atoms with Gasteiger partial charge in [-0.2, -0.15) is 5.10 Å². The summed E-state index contributed by atoms with van der Waals surface area (Å²) in [5.74, 6) is -0.558. The molecule has 0 spiro atoms. The number of carbonyl (C=O) groups is 2. The fraction of sp³-hybridized carbons (Fsp3) is 0.455.